The highest BCUT2D eigenvalue weighted by atomic mass is 32.1. The maximum atomic E-state index is 13.7. The summed E-state index contributed by atoms with van der Waals surface area (Å²) in [5.74, 6) is -1.25. The molecule has 6 heteroatoms. The fourth-order valence-corrected chi connectivity index (χ4v) is 4.17. The van der Waals surface area contributed by atoms with E-state index >= 15 is 0 Å². The number of amides is 2. The van der Waals surface area contributed by atoms with Crippen molar-refractivity contribution in [3.05, 3.63) is 51.7 Å². The number of nitrogens with two attached hydrogens (primary N) is 1. The number of thiophene rings is 1. The van der Waals surface area contributed by atoms with Crippen LogP contribution in [-0.4, -0.2) is 11.8 Å². The van der Waals surface area contributed by atoms with Gasteiger partial charge in [-0.1, -0.05) is 19.1 Å². The number of halogens is 1. The van der Waals surface area contributed by atoms with Crippen LogP contribution < -0.4 is 11.1 Å². The molecule has 0 saturated carbocycles. The van der Waals surface area contributed by atoms with Gasteiger partial charge in [0.05, 0.1) is 11.1 Å². The summed E-state index contributed by atoms with van der Waals surface area (Å²) in [5.41, 5.74) is 6.77. The Balaban J connectivity index is 1.96. The highest BCUT2D eigenvalue weighted by molar-refractivity contribution is 7.17. The molecule has 1 atom stereocenters. The molecule has 0 aliphatic heterocycles. The van der Waals surface area contributed by atoms with Crippen LogP contribution in [0.3, 0.4) is 0 Å². The molecule has 120 valence electrons. The maximum Gasteiger partial charge on any atom is 0.259 e. The molecular weight excluding hydrogens is 315 g/mol. The third-order valence-corrected chi connectivity index (χ3v) is 5.31. The Kier molecular flexibility index (Phi) is 4.17. The molecule has 3 N–H and O–H groups in total. The molecular formula is C17H17FN2O2S. The minimum Gasteiger partial charge on any atom is -0.365 e. The molecule has 1 aromatic heterocycles. The fraction of sp³-hybridized carbons (Fsp3) is 0.294. The molecule has 0 spiro atoms. The van der Waals surface area contributed by atoms with Crippen molar-refractivity contribution in [3.8, 4) is 0 Å². The van der Waals surface area contributed by atoms with Crippen LogP contribution in [0.5, 0.6) is 0 Å². The van der Waals surface area contributed by atoms with Crippen molar-refractivity contribution in [2.24, 2.45) is 11.7 Å². The molecule has 1 aliphatic rings. The van der Waals surface area contributed by atoms with Crippen LogP contribution in [0.15, 0.2) is 24.3 Å². The lowest BCUT2D eigenvalue weighted by Gasteiger charge is -2.18. The van der Waals surface area contributed by atoms with E-state index in [4.69, 9.17) is 5.73 Å². The largest absolute Gasteiger partial charge is 0.365 e. The van der Waals surface area contributed by atoms with Gasteiger partial charge < -0.3 is 11.1 Å². The number of fused-ring (bicyclic) bond motifs is 1. The van der Waals surface area contributed by atoms with Gasteiger partial charge in [0, 0.05) is 4.88 Å². The SMILES string of the molecule is C[C@@H]1CCc2sc(NC(=O)c3ccccc3F)c(C(N)=O)c2C1. The van der Waals surface area contributed by atoms with Gasteiger partial charge in [-0.05, 0) is 42.9 Å². The molecule has 0 fully saturated rings. The maximum absolute atomic E-state index is 13.7. The molecule has 23 heavy (non-hydrogen) atoms. The number of hydrogen-bond donors (Lipinski definition) is 2. The van der Waals surface area contributed by atoms with E-state index in [1.807, 2.05) is 0 Å². The first-order valence-corrected chi connectivity index (χ1v) is 8.29. The first-order valence-electron chi connectivity index (χ1n) is 7.47. The third-order valence-electron chi connectivity index (χ3n) is 4.10. The zero-order valence-electron chi connectivity index (χ0n) is 12.7. The van der Waals surface area contributed by atoms with Gasteiger partial charge in [-0.2, -0.15) is 0 Å². The van der Waals surface area contributed by atoms with E-state index in [2.05, 4.69) is 12.2 Å². The summed E-state index contributed by atoms with van der Waals surface area (Å²) in [5, 5.41) is 3.08. The minimum absolute atomic E-state index is 0.0531. The van der Waals surface area contributed by atoms with Gasteiger partial charge in [0.15, 0.2) is 0 Å². The number of rotatable bonds is 3. The molecule has 2 aromatic rings. The number of benzene rings is 1. The zero-order valence-corrected chi connectivity index (χ0v) is 13.5. The molecule has 0 saturated heterocycles. The topological polar surface area (TPSA) is 72.2 Å². The number of nitrogens with one attached hydrogen (secondary N) is 1. The fourth-order valence-electron chi connectivity index (χ4n) is 2.92. The van der Waals surface area contributed by atoms with Crippen molar-refractivity contribution in [3.63, 3.8) is 0 Å². The number of carbonyl (C=O) groups is 2. The monoisotopic (exact) mass is 332 g/mol. The van der Waals surface area contributed by atoms with E-state index in [1.54, 1.807) is 6.07 Å². The second kappa shape index (κ2) is 6.12. The summed E-state index contributed by atoms with van der Waals surface area (Å²) in [6.45, 7) is 2.13. The second-order valence-electron chi connectivity index (χ2n) is 5.85. The van der Waals surface area contributed by atoms with Gasteiger partial charge in [0.1, 0.15) is 10.8 Å². The van der Waals surface area contributed by atoms with E-state index in [9.17, 15) is 14.0 Å². The van der Waals surface area contributed by atoms with Crippen molar-refractivity contribution in [1.29, 1.82) is 0 Å². The van der Waals surface area contributed by atoms with Crippen LogP contribution in [0.2, 0.25) is 0 Å². The summed E-state index contributed by atoms with van der Waals surface area (Å²) in [7, 11) is 0. The number of aryl methyl sites for hydroxylation is 1. The van der Waals surface area contributed by atoms with Crippen molar-refractivity contribution < 1.29 is 14.0 Å². The molecule has 1 heterocycles. The number of primary amides is 1. The van der Waals surface area contributed by atoms with Crippen LogP contribution in [0.1, 0.15) is 44.5 Å². The van der Waals surface area contributed by atoms with Crippen LogP contribution in [0, 0.1) is 11.7 Å². The van der Waals surface area contributed by atoms with Crippen molar-refractivity contribution in [1.82, 2.24) is 0 Å². The summed E-state index contributed by atoms with van der Waals surface area (Å²) in [6.07, 6.45) is 2.70. The average molecular weight is 332 g/mol. The predicted octanol–water partition coefficient (Wildman–Crippen LogP) is 3.36. The van der Waals surface area contributed by atoms with Gasteiger partial charge in [-0.15, -0.1) is 11.3 Å². The molecule has 0 unspecified atom stereocenters. The standard InChI is InChI=1S/C17H17FN2O2S/c1-9-6-7-13-11(8-9)14(15(19)21)17(23-13)20-16(22)10-4-2-3-5-12(10)18/h2-5,9H,6-8H2,1H3,(H2,19,21)(H,20,22)/t9-/m1/s1. The summed E-state index contributed by atoms with van der Waals surface area (Å²) in [4.78, 5) is 25.2. The lowest BCUT2D eigenvalue weighted by molar-refractivity contribution is 0.1000. The lowest BCUT2D eigenvalue weighted by Crippen LogP contribution is -2.20. The van der Waals surface area contributed by atoms with Crippen LogP contribution in [-0.2, 0) is 12.8 Å². The van der Waals surface area contributed by atoms with E-state index in [0.29, 0.717) is 16.5 Å². The summed E-state index contributed by atoms with van der Waals surface area (Å²) >= 11 is 1.37. The third kappa shape index (κ3) is 2.99. The molecule has 1 aliphatic carbocycles. The van der Waals surface area contributed by atoms with Crippen molar-refractivity contribution in [2.45, 2.75) is 26.2 Å². The highest BCUT2D eigenvalue weighted by Crippen LogP contribution is 2.39. The van der Waals surface area contributed by atoms with E-state index < -0.39 is 17.6 Å². The molecule has 2 amide bonds. The summed E-state index contributed by atoms with van der Waals surface area (Å²) in [6, 6.07) is 5.75. The van der Waals surface area contributed by atoms with Crippen LogP contribution in [0.4, 0.5) is 9.39 Å². The number of hydrogen-bond acceptors (Lipinski definition) is 3. The zero-order chi connectivity index (χ0) is 16.6. The predicted molar refractivity (Wildman–Crippen MR) is 88.4 cm³/mol. The average Bonchev–Trinajstić information content (AvgIpc) is 2.84. The molecule has 1 aromatic carbocycles. The first kappa shape index (κ1) is 15.7. The number of carbonyl (C=O) groups excluding carboxylic acids is 2. The quantitative estimate of drug-likeness (QED) is 0.904. The molecule has 4 nitrogen and oxygen atoms in total. The van der Waals surface area contributed by atoms with Gasteiger partial charge in [-0.25, -0.2) is 4.39 Å². The van der Waals surface area contributed by atoms with Crippen LogP contribution >= 0.6 is 11.3 Å². The van der Waals surface area contributed by atoms with Crippen LogP contribution in [0.25, 0.3) is 0 Å². The van der Waals surface area contributed by atoms with E-state index in [1.165, 1.54) is 29.5 Å². The van der Waals surface area contributed by atoms with Crippen molar-refractivity contribution in [2.75, 3.05) is 5.32 Å². The molecule has 0 radical (unpaired) electrons. The van der Waals surface area contributed by atoms with Gasteiger partial charge >= 0.3 is 0 Å². The first-order chi connectivity index (χ1) is 11.0. The smallest absolute Gasteiger partial charge is 0.259 e. The van der Waals surface area contributed by atoms with Gasteiger partial charge in [-0.3, -0.25) is 9.59 Å². The van der Waals surface area contributed by atoms with E-state index in [-0.39, 0.29) is 5.56 Å². The highest BCUT2D eigenvalue weighted by Gasteiger charge is 2.27. The van der Waals surface area contributed by atoms with Gasteiger partial charge in [0.2, 0.25) is 0 Å². The Hall–Kier alpha value is -2.21. The summed E-state index contributed by atoms with van der Waals surface area (Å²) < 4.78 is 13.7. The van der Waals surface area contributed by atoms with E-state index in [0.717, 1.165) is 29.7 Å². The van der Waals surface area contributed by atoms with Gasteiger partial charge in [0.25, 0.3) is 11.8 Å². The molecule has 3 rings (SSSR count). The number of anilines is 1. The Morgan fingerprint density at radius 2 is 2.09 bits per heavy atom. The van der Waals surface area contributed by atoms with Crippen molar-refractivity contribution >= 4 is 28.2 Å². The molecule has 0 bridgehead atoms. The minimum atomic E-state index is -0.597. The Bertz CT molecular complexity index is 785. The Morgan fingerprint density at radius 1 is 1.35 bits per heavy atom. The lowest BCUT2D eigenvalue weighted by atomic mass is 9.87. The Labute approximate surface area is 137 Å². The Morgan fingerprint density at radius 3 is 2.78 bits per heavy atom. The normalized spacial score (nSPS) is 16.7. The second-order valence-corrected chi connectivity index (χ2v) is 6.96.